The highest BCUT2D eigenvalue weighted by molar-refractivity contribution is 7.17. The van der Waals surface area contributed by atoms with E-state index in [1.54, 1.807) is 0 Å². The van der Waals surface area contributed by atoms with Crippen molar-refractivity contribution in [2.75, 3.05) is 17.6 Å². The summed E-state index contributed by atoms with van der Waals surface area (Å²) in [5, 5.41) is 13.2. The Morgan fingerprint density at radius 3 is 2.58 bits per heavy atom. The average molecular weight is 281 g/mol. The van der Waals surface area contributed by atoms with E-state index in [4.69, 9.17) is 15.7 Å². The molecule has 0 aliphatic rings. The lowest BCUT2D eigenvalue weighted by molar-refractivity contribution is 0.246. The third-order valence-corrected chi connectivity index (χ3v) is 3.65. The predicted octanol–water partition coefficient (Wildman–Crippen LogP) is 3.84. The topological polar surface area (TPSA) is 71.1 Å². The van der Waals surface area contributed by atoms with Crippen LogP contribution in [0.25, 0.3) is 0 Å². The molecule has 0 aliphatic heterocycles. The molecule has 0 saturated heterocycles. The maximum Gasteiger partial charge on any atom is 0.178 e. The lowest BCUT2D eigenvalue weighted by Crippen LogP contribution is -2.09. The number of nitrogens with two attached hydrogens (primary N) is 1. The van der Waals surface area contributed by atoms with Crippen molar-refractivity contribution in [1.29, 1.82) is 5.26 Å². The summed E-state index contributed by atoms with van der Waals surface area (Å²) in [7, 11) is 0. The second kappa shape index (κ2) is 7.25. The smallest absolute Gasteiger partial charge is 0.178 e. The molecule has 1 rings (SSSR count). The van der Waals surface area contributed by atoms with E-state index in [-0.39, 0.29) is 6.10 Å². The van der Waals surface area contributed by atoms with Crippen LogP contribution in [-0.2, 0) is 0 Å². The van der Waals surface area contributed by atoms with Gasteiger partial charge < -0.3 is 15.8 Å². The van der Waals surface area contributed by atoms with Gasteiger partial charge >= 0.3 is 0 Å². The zero-order valence-electron chi connectivity index (χ0n) is 12.1. The third-order valence-electron chi connectivity index (χ3n) is 2.60. The fourth-order valence-electron chi connectivity index (χ4n) is 1.69. The minimum atomic E-state index is 0.0413. The molecule has 0 aliphatic carbocycles. The molecule has 106 valence electrons. The van der Waals surface area contributed by atoms with E-state index in [0.29, 0.717) is 22.2 Å². The molecule has 19 heavy (non-hydrogen) atoms. The molecule has 5 heteroatoms. The predicted molar refractivity (Wildman–Crippen MR) is 81.8 cm³/mol. The number of anilines is 2. The third kappa shape index (κ3) is 4.64. The molecule has 4 nitrogen and oxygen atoms in total. The molecule has 0 amide bonds. The molecule has 0 spiro atoms. The minimum absolute atomic E-state index is 0.0413. The highest BCUT2D eigenvalue weighted by Crippen LogP contribution is 2.42. The molecule has 0 bridgehead atoms. The van der Waals surface area contributed by atoms with Crippen molar-refractivity contribution in [3.8, 4) is 11.8 Å². The fourth-order valence-corrected chi connectivity index (χ4v) is 2.57. The number of thiophene rings is 1. The Morgan fingerprint density at radius 2 is 2.05 bits per heavy atom. The van der Waals surface area contributed by atoms with Crippen molar-refractivity contribution in [2.45, 2.75) is 46.6 Å². The second-order valence-corrected chi connectivity index (χ2v) is 6.26. The van der Waals surface area contributed by atoms with Gasteiger partial charge in [0.25, 0.3) is 0 Å². The van der Waals surface area contributed by atoms with Gasteiger partial charge in [-0.1, -0.05) is 13.8 Å². The van der Waals surface area contributed by atoms with Crippen LogP contribution in [0, 0.1) is 17.2 Å². The summed E-state index contributed by atoms with van der Waals surface area (Å²) < 4.78 is 5.71. The summed E-state index contributed by atoms with van der Waals surface area (Å²) >= 11 is 1.36. The van der Waals surface area contributed by atoms with Gasteiger partial charge in [-0.3, -0.25) is 0 Å². The van der Waals surface area contributed by atoms with Gasteiger partial charge in [-0.15, -0.1) is 11.3 Å². The van der Waals surface area contributed by atoms with E-state index < -0.39 is 0 Å². The van der Waals surface area contributed by atoms with Gasteiger partial charge in [0.1, 0.15) is 21.6 Å². The van der Waals surface area contributed by atoms with Crippen LogP contribution in [0.3, 0.4) is 0 Å². The molecule has 1 aromatic rings. The van der Waals surface area contributed by atoms with Gasteiger partial charge in [0.15, 0.2) is 5.75 Å². The SMILES string of the molecule is CC(C)CCCNc1sc(C#N)c(N)c1OC(C)C. The van der Waals surface area contributed by atoms with E-state index in [0.717, 1.165) is 18.0 Å². The van der Waals surface area contributed by atoms with Crippen molar-refractivity contribution in [3.05, 3.63) is 4.88 Å². The largest absolute Gasteiger partial charge is 0.486 e. The molecular formula is C14H23N3OS. The summed E-state index contributed by atoms with van der Waals surface area (Å²) in [6, 6.07) is 2.11. The highest BCUT2D eigenvalue weighted by Gasteiger charge is 2.18. The van der Waals surface area contributed by atoms with Crippen LogP contribution < -0.4 is 15.8 Å². The molecule has 1 heterocycles. The number of ether oxygens (including phenoxy) is 1. The zero-order valence-corrected chi connectivity index (χ0v) is 12.9. The average Bonchev–Trinajstić information content (AvgIpc) is 2.62. The van der Waals surface area contributed by atoms with Crippen LogP contribution in [0.1, 0.15) is 45.4 Å². The molecule has 0 radical (unpaired) electrons. The first-order chi connectivity index (χ1) is 8.95. The van der Waals surface area contributed by atoms with Crippen LogP contribution in [0.15, 0.2) is 0 Å². The monoisotopic (exact) mass is 281 g/mol. The van der Waals surface area contributed by atoms with Crippen LogP contribution in [0.4, 0.5) is 10.7 Å². The number of hydrogen-bond donors (Lipinski definition) is 2. The Balaban J connectivity index is 2.73. The summed E-state index contributed by atoms with van der Waals surface area (Å²) in [5.74, 6) is 1.33. The van der Waals surface area contributed by atoms with Crippen molar-refractivity contribution in [1.82, 2.24) is 0 Å². The Kier molecular flexibility index (Phi) is 5.97. The minimum Gasteiger partial charge on any atom is -0.486 e. The molecule has 3 N–H and O–H groups in total. The number of nitriles is 1. The number of nitrogens with one attached hydrogen (secondary N) is 1. The van der Waals surface area contributed by atoms with Gasteiger partial charge in [0, 0.05) is 6.54 Å². The Morgan fingerprint density at radius 1 is 1.37 bits per heavy atom. The van der Waals surface area contributed by atoms with Crippen LogP contribution in [0.5, 0.6) is 5.75 Å². The van der Waals surface area contributed by atoms with Crippen molar-refractivity contribution < 1.29 is 4.74 Å². The lowest BCUT2D eigenvalue weighted by Gasteiger charge is -2.13. The molecule has 0 fully saturated rings. The fraction of sp³-hybridized carbons (Fsp3) is 0.643. The molecule has 0 aromatic carbocycles. The maximum absolute atomic E-state index is 9.03. The summed E-state index contributed by atoms with van der Waals surface area (Å²) in [5.41, 5.74) is 6.39. The standard InChI is InChI=1S/C14H23N3OS/c1-9(2)6-5-7-17-14-13(18-10(3)4)12(16)11(8-15)19-14/h9-10,17H,5-7,16H2,1-4H3. The van der Waals surface area contributed by atoms with E-state index in [2.05, 4.69) is 25.2 Å². The summed E-state index contributed by atoms with van der Waals surface area (Å²) in [6.45, 7) is 9.20. The van der Waals surface area contributed by atoms with Gasteiger partial charge in [0.2, 0.25) is 0 Å². The Hall–Kier alpha value is -1.41. The van der Waals surface area contributed by atoms with Crippen LogP contribution in [-0.4, -0.2) is 12.6 Å². The first-order valence-electron chi connectivity index (χ1n) is 6.68. The maximum atomic E-state index is 9.03. The molecule has 1 aromatic heterocycles. The second-order valence-electron chi connectivity index (χ2n) is 5.24. The van der Waals surface area contributed by atoms with E-state index in [9.17, 15) is 0 Å². The van der Waals surface area contributed by atoms with Crippen molar-refractivity contribution in [2.24, 2.45) is 5.92 Å². The summed E-state index contributed by atoms with van der Waals surface area (Å²) in [6.07, 6.45) is 2.32. The van der Waals surface area contributed by atoms with Crippen LogP contribution in [0.2, 0.25) is 0 Å². The first-order valence-corrected chi connectivity index (χ1v) is 7.50. The van der Waals surface area contributed by atoms with Gasteiger partial charge in [-0.05, 0) is 32.6 Å². The molecule has 0 saturated carbocycles. The van der Waals surface area contributed by atoms with Gasteiger partial charge in [-0.2, -0.15) is 5.26 Å². The number of nitrogen functional groups attached to an aromatic ring is 1. The number of rotatable bonds is 7. The molecule has 0 atom stereocenters. The first kappa shape index (κ1) is 15.6. The van der Waals surface area contributed by atoms with Crippen LogP contribution >= 0.6 is 11.3 Å². The zero-order chi connectivity index (χ0) is 14.4. The normalized spacial score (nSPS) is 10.8. The van der Waals surface area contributed by atoms with E-state index in [1.807, 2.05) is 13.8 Å². The molecule has 0 unspecified atom stereocenters. The van der Waals surface area contributed by atoms with E-state index >= 15 is 0 Å². The summed E-state index contributed by atoms with van der Waals surface area (Å²) in [4.78, 5) is 0.516. The molecular weight excluding hydrogens is 258 g/mol. The highest BCUT2D eigenvalue weighted by atomic mass is 32.1. The van der Waals surface area contributed by atoms with E-state index in [1.165, 1.54) is 17.8 Å². The van der Waals surface area contributed by atoms with Crippen molar-refractivity contribution in [3.63, 3.8) is 0 Å². The number of hydrogen-bond acceptors (Lipinski definition) is 5. The Bertz CT molecular complexity index is 446. The quantitative estimate of drug-likeness (QED) is 0.745. The van der Waals surface area contributed by atoms with Crippen molar-refractivity contribution >= 4 is 22.0 Å². The van der Waals surface area contributed by atoms with Gasteiger partial charge in [-0.25, -0.2) is 0 Å². The van der Waals surface area contributed by atoms with Gasteiger partial charge in [0.05, 0.1) is 6.10 Å². The number of nitrogens with zero attached hydrogens (tertiary/aromatic N) is 1. The Labute approximate surface area is 119 Å². The lowest BCUT2D eigenvalue weighted by atomic mass is 10.1.